The van der Waals surface area contributed by atoms with Crippen LogP contribution in [0, 0.1) is 11.6 Å². The van der Waals surface area contributed by atoms with E-state index in [1.165, 1.54) is 30.3 Å². The molecule has 2 aliphatic heterocycles. The zero-order valence-corrected chi connectivity index (χ0v) is 26.7. The lowest BCUT2D eigenvalue weighted by Gasteiger charge is -2.39. The zero-order chi connectivity index (χ0) is 33.6. The summed E-state index contributed by atoms with van der Waals surface area (Å²) in [7, 11) is 3.70. The molecule has 0 bridgehead atoms. The summed E-state index contributed by atoms with van der Waals surface area (Å²) >= 11 is 5.82. The van der Waals surface area contributed by atoms with Gasteiger partial charge in [-0.1, -0.05) is 17.7 Å². The first-order chi connectivity index (χ1) is 22.9. The molecule has 2 aliphatic rings. The highest BCUT2D eigenvalue weighted by Gasteiger charge is 2.37. The lowest BCUT2D eigenvalue weighted by atomic mass is 10.1. The van der Waals surface area contributed by atoms with Crippen molar-refractivity contribution in [1.29, 1.82) is 0 Å². The molecule has 1 aromatic carbocycles. The second kappa shape index (κ2) is 12.6. The van der Waals surface area contributed by atoms with Crippen molar-refractivity contribution in [3.8, 4) is 17.4 Å². The summed E-state index contributed by atoms with van der Waals surface area (Å²) in [5.41, 5.74) is 1.15. The normalized spacial score (nSPS) is 18.8. The Morgan fingerprint density at radius 2 is 1.79 bits per heavy atom. The number of hydrogen-bond acceptors (Lipinski definition) is 10. The second-order valence-electron chi connectivity index (χ2n) is 11.4. The summed E-state index contributed by atoms with van der Waals surface area (Å²) in [5, 5.41) is 13.5. The molecule has 1 atom stereocenters. The quantitative estimate of drug-likeness (QED) is 0.177. The summed E-state index contributed by atoms with van der Waals surface area (Å²) < 4.78 is 81.5. The summed E-state index contributed by atoms with van der Waals surface area (Å²) in [6.07, 6.45) is -3.94. The van der Waals surface area contributed by atoms with E-state index in [1.807, 2.05) is 14.6 Å². The lowest BCUT2D eigenvalue weighted by Crippen LogP contribution is -2.49. The molecule has 19 heteroatoms. The number of nitrogens with zero attached hydrogens (tertiary/aromatic N) is 9. The topological polar surface area (TPSA) is 123 Å². The van der Waals surface area contributed by atoms with E-state index in [1.54, 1.807) is 6.07 Å². The molecule has 12 nitrogen and oxygen atoms in total. The van der Waals surface area contributed by atoms with Gasteiger partial charge >= 0.3 is 6.18 Å². The summed E-state index contributed by atoms with van der Waals surface area (Å²) in [5.74, 6) is -1.60. The number of H-pyrrole nitrogens is 1. The van der Waals surface area contributed by atoms with E-state index in [4.69, 9.17) is 26.1 Å². The number of rotatable bonds is 9. The zero-order valence-electron chi connectivity index (χ0n) is 24.9. The highest BCUT2D eigenvalue weighted by molar-refractivity contribution is 6.30. The Kier molecular flexibility index (Phi) is 8.51. The third kappa shape index (κ3) is 6.69. The largest absolute Gasteiger partial charge is 0.473 e. The molecular weight excluding hydrogens is 679 g/mol. The number of halogens is 6. The molecule has 2 saturated heterocycles. The van der Waals surface area contributed by atoms with Crippen LogP contribution < -0.4 is 9.64 Å². The molecule has 0 aliphatic carbocycles. The maximum Gasteiger partial charge on any atom is 0.451 e. The van der Waals surface area contributed by atoms with E-state index < -0.39 is 28.9 Å². The fourth-order valence-electron chi connectivity index (χ4n) is 5.42. The van der Waals surface area contributed by atoms with Gasteiger partial charge in [-0.25, -0.2) is 18.7 Å². The Morgan fingerprint density at radius 1 is 1.00 bits per heavy atom. The Bertz CT molecular complexity index is 1960. The van der Waals surface area contributed by atoms with Crippen LogP contribution in [0.1, 0.15) is 23.6 Å². The van der Waals surface area contributed by atoms with Crippen molar-refractivity contribution in [1.82, 2.24) is 44.8 Å². The molecule has 249 valence electrons. The first kappa shape index (κ1) is 32.3. The summed E-state index contributed by atoms with van der Waals surface area (Å²) in [6.45, 7) is 3.21. The molecule has 48 heavy (non-hydrogen) atoms. The number of fused-ring (bicyclic) bond motifs is 1. The number of anilines is 1. The average Bonchev–Trinajstić information content (AvgIpc) is 3.67. The Balaban J connectivity index is 1.06. The van der Waals surface area contributed by atoms with E-state index in [2.05, 4.69) is 40.4 Å². The van der Waals surface area contributed by atoms with Gasteiger partial charge < -0.3 is 18.9 Å². The van der Waals surface area contributed by atoms with E-state index in [-0.39, 0.29) is 40.4 Å². The number of aromatic amines is 1. The highest BCUT2D eigenvalue weighted by atomic mass is 35.5. The van der Waals surface area contributed by atoms with Crippen LogP contribution in [0.2, 0.25) is 5.02 Å². The molecule has 3 radical (unpaired) electrons. The number of aromatic nitrogens is 8. The van der Waals surface area contributed by atoms with Gasteiger partial charge in [-0.3, -0.25) is 10.00 Å². The smallest absolute Gasteiger partial charge is 0.451 e. The molecule has 7 rings (SSSR count). The monoisotopic (exact) mass is 703 g/mol. The third-order valence-corrected chi connectivity index (χ3v) is 8.87. The third-order valence-electron chi connectivity index (χ3n) is 8.08. The Labute approximate surface area is 277 Å². The number of benzene rings is 1. The SMILES string of the molecule is Fc1cc(Cl)ccc1COc1ccc(F)c(N2CCN(Cc3nc4cc(-c5n[nH]c(C(F)(F)F)n5)nnc4n3C[C@]3([Si])CCO3)CC2)n1. The molecule has 2 fully saturated rings. The van der Waals surface area contributed by atoms with Crippen LogP contribution in [0.5, 0.6) is 5.88 Å². The van der Waals surface area contributed by atoms with Gasteiger partial charge in [0.1, 0.15) is 29.5 Å². The molecule has 4 aromatic heterocycles. The summed E-state index contributed by atoms with van der Waals surface area (Å²) in [4.78, 5) is 16.6. The van der Waals surface area contributed by atoms with Crippen molar-refractivity contribution in [2.24, 2.45) is 0 Å². The van der Waals surface area contributed by atoms with Crippen molar-refractivity contribution in [2.45, 2.75) is 37.5 Å². The number of hydrogen-bond donors (Lipinski definition) is 1. The molecule has 0 spiro atoms. The second-order valence-corrected chi connectivity index (χ2v) is 12.7. The van der Waals surface area contributed by atoms with Crippen LogP contribution in [0.25, 0.3) is 22.7 Å². The minimum atomic E-state index is -4.69. The summed E-state index contributed by atoms with van der Waals surface area (Å²) in [6, 6.07) is 8.41. The van der Waals surface area contributed by atoms with Crippen LogP contribution in [0.3, 0.4) is 0 Å². The number of ether oxygens (including phenoxy) is 2. The minimum Gasteiger partial charge on any atom is -0.473 e. The molecular formula is C29H25ClF5N10O2Si. The standard InChI is InChI=1S/C29H25ClF5N10O2Si/c30-17-2-1-16(19(32)11-17)14-46-23-4-3-18(31)25(37-23)44-8-6-43(7-9-44)13-22-36-21-12-20(24-38-27(42-40-24)29(33,34)35)39-41-26(21)45(22)15-28(48)5-10-47-28/h1-4,11-12H,5-10,13-15H2,(H,38,40,42)/t28-/m1/s1. The van der Waals surface area contributed by atoms with E-state index >= 15 is 0 Å². The van der Waals surface area contributed by atoms with Crippen molar-refractivity contribution in [3.63, 3.8) is 0 Å². The highest BCUT2D eigenvalue weighted by Crippen LogP contribution is 2.30. The van der Waals surface area contributed by atoms with Gasteiger partial charge in [-0.2, -0.15) is 23.3 Å². The van der Waals surface area contributed by atoms with Crippen molar-refractivity contribution in [2.75, 3.05) is 37.7 Å². The maximum absolute atomic E-state index is 14.9. The first-order valence-electron chi connectivity index (χ1n) is 14.8. The van der Waals surface area contributed by atoms with Gasteiger partial charge in [0.05, 0.1) is 28.6 Å². The molecule has 1 N–H and O–H groups in total. The average molecular weight is 704 g/mol. The van der Waals surface area contributed by atoms with Gasteiger partial charge in [-0.15, -0.1) is 10.2 Å². The molecule has 5 aromatic rings. The Morgan fingerprint density at radius 3 is 2.48 bits per heavy atom. The van der Waals surface area contributed by atoms with Crippen molar-refractivity contribution >= 4 is 38.8 Å². The maximum atomic E-state index is 14.9. The molecule has 0 unspecified atom stereocenters. The van der Waals surface area contributed by atoms with Crippen molar-refractivity contribution in [3.05, 3.63) is 70.3 Å². The van der Waals surface area contributed by atoms with Crippen LogP contribution in [-0.2, 0) is 30.6 Å². The number of imidazole rings is 1. The van der Waals surface area contributed by atoms with Gasteiger partial charge in [0.15, 0.2) is 17.3 Å². The van der Waals surface area contributed by atoms with Crippen LogP contribution >= 0.6 is 11.6 Å². The van der Waals surface area contributed by atoms with Crippen LogP contribution in [0.15, 0.2) is 36.4 Å². The van der Waals surface area contributed by atoms with Crippen LogP contribution in [-0.4, -0.2) is 93.1 Å². The Hall–Kier alpha value is -4.26. The van der Waals surface area contributed by atoms with Crippen molar-refractivity contribution < 1.29 is 31.4 Å². The van der Waals surface area contributed by atoms with Gasteiger partial charge in [0.2, 0.25) is 17.5 Å². The van der Waals surface area contributed by atoms with Crippen LogP contribution in [0.4, 0.5) is 27.8 Å². The number of piperazine rings is 1. The van der Waals surface area contributed by atoms with Gasteiger partial charge in [-0.05, 0) is 30.7 Å². The molecule has 0 amide bonds. The number of pyridine rings is 1. The number of nitrogens with one attached hydrogen (secondary N) is 1. The predicted molar refractivity (Wildman–Crippen MR) is 162 cm³/mol. The fourth-order valence-corrected chi connectivity index (χ4v) is 5.94. The predicted octanol–water partition coefficient (Wildman–Crippen LogP) is 4.14. The van der Waals surface area contributed by atoms with E-state index in [0.717, 1.165) is 6.42 Å². The molecule has 0 saturated carbocycles. The number of alkyl halides is 3. The fraction of sp³-hybridized carbons (Fsp3) is 0.379. The lowest BCUT2D eigenvalue weighted by molar-refractivity contribution is -0.144. The first-order valence-corrected chi connectivity index (χ1v) is 15.6. The van der Waals surface area contributed by atoms with Gasteiger partial charge in [0.25, 0.3) is 0 Å². The van der Waals surface area contributed by atoms with Gasteiger partial charge in [0, 0.05) is 49.4 Å². The molecule has 6 heterocycles. The minimum absolute atomic E-state index is 0.0334. The van der Waals surface area contributed by atoms with E-state index in [9.17, 15) is 22.0 Å². The van der Waals surface area contributed by atoms with E-state index in [0.29, 0.717) is 62.9 Å².